The molecule has 0 saturated carbocycles. The van der Waals surface area contributed by atoms with Gasteiger partial charge in [0.25, 0.3) is 0 Å². The number of carbonyl (C=O) groups excluding carboxylic acids is 1. The van der Waals surface area contributed by atoms with E-state index in [2.05, 4.69) is 6.58 Å². The van der Waals surface area contributed by atoms with E-state index in [1.54, 1.807) is 6.29 Å². The average molecular weight is 145 g/mol. The lowest BCUT2D eigenvalue weighted by Crippen LogP contribution is -1.88. The summed E-state index contributed by atoms with van der Waals surface area (Å²) in [5.74, 6) is 0. The lowest BCUT2D eigenvalue weighted by atomic mass is 10.1. The molecule has 0 atom stereocenters. The third kappa shape index (κ3) is 2.38. The van der Waals surface area contributed by atoms with Gasteiger partial charge < -0.3 is 0 Å². The van der Waals surface area contributed by atoms with Crippen molar-refractivity contribution in [2.75, 3.05) is 0 Å². The molecule has 1 radical (unpaired) electrons. The Kier molecular flexibility index (Phi) is 2.61. The fourth-order valence-corrected chi connectivity index (χ4v) is 0.878. The number of allylic oxidation sites excluding steroid dienone is 1. The number of rotatable bonds is 3. The molecule has 1 aromatic rings. The van der Waals surface area contributed by atoms with Gasteiger partial charge in [0.15, 0.2) is 0 Å². The van der Waals surface area contributed by atoms with Crippen molar-refractivity contribution in [1.82, 2.24) is 0 Å². The fraction of sp³-hybridized carbons (Fsp3) is 0.100. The Bertz CT molecular complexity index is 249. The van der Waals surface area contributed by atoms with E-state index in [4.69, 9.17) is 0 Å². The molecule has 0 aromatic heterocycles. The van der Waals surface area contributed by atoms with Crippen molar-refractivity contribution in [3.63, 3.8) is 0 Å². The van der Waals surface area contributed by atoms with Crippen LogP contribution in [0.3, 0.4) is 0 Å². The van der Waals surface area contributed by atoms with Gasteiger partial charge in [0.1, 0.15) is 0 Å². The van der Waals surface area contributed by atoms with Gasteiger partial charge in [-0.05, 0) is 5.56 Å². The first-order valence-electron chi connectivity index (χ1n) is 3.43. The minimum absolute atomic E-state index is 0.496. The molecule has 1 aromatic carbocycles. The number of hydrogen-bond acceptors (Lipinski definition) is 1. The molecule has 11 heavy (non-hydrogen) atoms. The van der Waals surface area contributed by atoms with Crippen molar-refractivity contribution >= 4 is 6.29 Å². The smallest absolute Gasteiger partial charge is 0.228 e. The Morgan fingerprint density at radius 3 is 2.55 bits per heavy atom. The Balaban J connectivity index is 2.65. The van der Waals surface area contributed by atoms with Crippen LogP contribution in [0, 0.1) is 0 Å². The van der Waals surface area contributed by atoms with E-state index in [9.17, 15) is 4.79 Å². The summed E-state index contributed by atoms with van der Waals surface area (Å²) in [4.78, 5) is 10.1. The highest BCUT2D eigenvalue weighted by molar-refractivity contribution is 5.73. The third-order valence-corrected chi connectivity index (χ3v) is 1.40. The van der Waals surface area contributed by atoms with Gasteiger partial charge in [-0.1, -0.05) is 36.9 Å². The second-order valence-electron chi connectivity index (χ2n) is 2.37. The van der Waals surface area contributed by atoms with Crippen LogP contribution in [-0.2, 0) is 11.2 Å². The summed E-state index contributed by atoms with van der Waals surface area (Å²) in [6.45, 7) is 3.54. The van der Waals surface area contributed by atoms with Gasteiger partial charge in [0.05, 0.1) is 0 Å². The molecule has 0 fully saturated rings. The lowest BCUT2D eigenvalue weighted by molar-refractivity contribution is 0.561. The maximum atomic E-state index is 10.1. The Labute approximate surface area is 66.4 Å². The van der Waals surface area contributed by atoms with Crippen molar-refractivity contribution in [3.05, 3.63) is 48.0 Å². The first-order valence-corrected chi connectivity index (χ1v) is 3.43. The monoisotopic (exact) mass is 145 g/mol. The first kappa shape index (κ1) is 7.73. The predicted octanol–water partition coefficient (Wildman–Crippen LogP) is 1.90. The van der Waals surface area contributed by atoms with E-state index in [1.165, 1.54) is 0 Å². The normalized spacial score (nSPS) is 9.09. The average Bonchev–Trinajstić information content (AvgIpc) is 2.06. The fourth-order valence-electron chi connectivity index (χ4n) is 0.878. The van der Waals surface area contributed by atoms with E-state index < -0.39 is 0 Å². The lowest BCUT2D eigenvalue weighted by Gasteiger charge is -1.95. The summed E-state index contributed by atoms with van der Waals surface area (Å²) < 4.78 is 0. The number of benzene rings is 1. The van der Waals surface area contributed by atoms with Gasteiger partial charge in [0, 0.05) is 12.0 Å². The van der Waals surface area contributed by atoms with Crippen molar-refractivity contribution in [3.8, 4) is 0 Å². The summed E-state index contributed by atoms with van der Waals surface area (Å²) in [6.07, 6.45) is 2.37. The summed E-state index contributed by atoms with van der Waals surface area (Å²) >= 11 is 0. The summed E-state index contributed by atoms with van der Waals surface area (Å²) in [7, 11) is 0. The van der Waals surface area contributed by atoms with Crippen LogP contribution in [0.15, 0.2) is 42.5 Å². The topological polar surface area (TPSA) is 17.1 Å². The van der Waals surface area contributed by atoms with E-state index in [1.807, 2.05) is 30.3 Å². The van der Waals surface area contributed by atoms with Crippen LogP contribution in [0.5, 0.6) is 0 Å². The molecule has 0 aliphatic carbocycles. The minimum Gasteiger partial charge on any atom is -0.285 e. The highest BCUT2D eigenvalue weighted by Crippen LogP contribution is 2.03. The third-order valence-electron chi connectivity index (χ3n) is 1.40. The second kappa shape index (κ2) is 3.71. The number of hydrogen-bond donors (Lipinski definition) is 0. The van der Waals surface area contributed by atoms with E-state index in [0.717, 1.165) is 5.56 Å². The van der Waals surface area contributed by atoms with Crippen molar-refractivity contribution in [2.24, 2.45) is 0 Å². The minimum atomic E-state index is 0.496. The molecule has 0 heterocycles. The van der Waals surface area contributed by atoms with Crippen molar-refractivity contribution in [1.29, 1.82) is 0 Å². The van der Waals surface area contributed by atoms with Crippen LogP contribution in [0.25, 0.3) is 0 Å². The van der Waals surface area contributed by atoms with Crippen molar-refractivity contribution < 1.29 is 4.79 Å². The van der Waals surface area contributed by atoms with Gasteiger partial charge in [-0.2, -0.15) is 0 Å². The summed E-state index contributed by atoms with van der Waals surface area (Å²) in [5, 5.41) is 0. The summed E-state index contributed by atoms with van der Waals surface area (Å²) in [5.41, 5.74) is 1.59. The Morgan fingerprint density at radius 1 is 1.36 bits per heavy atom. The van der Waals surface area contributed by atoms with E-state index >= 15 is 0 Å². The van der Waals surface area contributed by atoms with Gasteiger partial charge >= 0.3 is 0 Å². The highest BCUT2D eigenvalue weighted by Gasteiger charge is 1.93. The van der Waals surface area contributed by atoms with Gasteiger partial charge in [-0.3, -0.25) is 4.79 Å². The molecular weight excluding hydrogens is 136 g/mol. The van der Waals surface area contributed by atoms with Crippen LogP contribution in [0.4, 0.5) is 0 Å². The van der Waals surface area contributed by atoms with Crippen LogP contribution in [-0.4, -0.2) is 6.29 Å². The quantitative estimate of drug-likeness (QED) is 0.593. The zero-order chi connectivity index (χ0) is 8.10. The van der Waals surface area contributed by atoms with E-state index in [0.29, 0.717) is 12.0 Å². The molecule has 0 bridgehead atoms. The maximum Gasteiger partial charge on any atom is 0.228 e. The molecule has 0 spiro atoms. The standard InChI is InChI=1S/C10H9O/c1-9(8-11)7-10-5-3-2-4-6-10/h2-6H,1,7H2. The molecule has 0 unspecified atom stereocenters. The van der Waals surface area contributed by atoms with Crippen LogP contribution in [0.1, 0.15) is 5.56 Å². The Hall–Kier alpha value is -1.37. The van der Waals surface area contributed by atoms with Crippen LogP contribution in [0.2, 0.25) is 0 Å². The van der Waals surface area contributed by atoms with Crippen LogP contribution < -0.4 is 0 Å². The maximum absolute atomic E-state index is 10.1. The SMILES string of the molecule is C=C([C]=O)Cc1ccccc1. The molecular formula is C10H9O. The van der Waals surface area contributed by atoms with Gasteiger partial charge in [0.2, 0.25) is 6.29 Å². The highest BCUT2D eigenvalue weighted by atomic mass is 16.1. The molecule has 0 N–H and O–H groups in total. The zero-order valence-corrected chi connectivity index (χ0v) is 6.21. The first-order chi connectivity index (χ1) is 5.33. The molecule has 0 saturated heterocycles. The largest absolute Gasteiger partial charge is 0.285 e. The zero-order valence-electron chi connectivity index (χ0n) is 6.21. The van der Waals surface area contributed by atoms with Gasteiger partial charge in [-0.15, -0.1) is 0 Å². The van der Waals surface area contributed by atoms with Crippen LogP contribution >= 0.6 is 0 Å². The summed E-state index contributed by atoms with van der Waals surface area (Å²) in [6, 6.07) is 9.74. The molecule has 0 aliphatic heterocycles. The molecule has 1 heteroatoms. The van der Waals surface area contributed by atoms with Crippen molar-refractivity contribution in [2.45, 2.75) is 6.42 Å². The Morgan fingerprint density at radius 2 is 2.00 bits per heavy atom. The molecule has 1 rings (SSSR count). The molecule has 55 valence electrons. The van der Waals surface area contributed by atoms with E-state index in [-0.39, 0.29) is 0 Å². The second-order valence-corrected chi connectivity index (χ2v) is 2.37. The molecule has 0 amide bonds. The van der Waals surface area contributed by atoms with Gasteiger partial charge in [-0.25, -0.2) is 0 Å². The predicted molar refractivity (Wildman–Crippen MR) is 45.0 cm³/mol. The molecule has 0 aliphatic rings. The molecule has 1 nitrogen and oxygen atoms in total.